The van der Waals surface area contributed by atoms with Crippen molar-refractivity contribution in [2.24, 2.45) is 0 Å². The van der Waals surface area contributed by atoms with Crippen LogP contribution < -0.4 is 5.73 Å². The molecule has 0 amide bonds. The van der Waals surface area contributed by atoms with Crippen LogP contribution in [0.25, 0.3) is 5.57 Å². The first-order chi connectivity index (χ1) is 7.69. The Kier molecular flexibility index (Phi) is 4.98. The molecule has 1 rings (SSSR count). The van der Waals surface area contributed by atoms with E-state index in [9.17, 15) is 4.79 Å². The number of ether oxygens (including phenoxy) is 1. The van der Waals surface area contributed by atoms with Crippen LogP contribution >= 0.6 is 11.3 Å². The molecule has 0 aliphatic heterocycles. The summed E-state index contributed by atoms with van der Waals surface area (Å²) in [6.45, 7) is 2.10. The first-order valence-corrected chi connectivity index (χ1v) is 6.06. The molecule has 0 atom stereocenters. The number of carbonyl (C=O) groups excluding carboxylic acids is 1. The van der Waals surface area contributed by atoms with E-state index in [1.54, 1.807) is 5.38 Å². The molecule has 16 heavy (non-hydrogen) atoms. The van der Waals surface area contributed by atoms with E-state index in [4.69, 9.17) is 10.5 Å². The van der Waals surface area contributed by atoms with Crippen LogP contribution in [0, 0.1) is 0 Å². The minimum Gasteiger partial charge on any atom is -0.465 e. The molecule has 0 radical (unpaired) electrons. The number of methoxy groups -OCH3 is 1. The Morgan fingerprint density at radius 1 is 1.69 bits per heavy atom. The van der Waals surface area contributed by atoms with Crippen molar-refractivity contribution in [2.75, 3.05) is 12.8 Å². The molecule has 0 fully saturated rings. The summed E-state index contributed by atoms with van der Waals surface area (Å²) in [6.07, 6.45) is 4.84. The van der Waals surface area contributed by atoms with Crippen molar-refractivity contribution in [2.45, 2.75) is 26.2 Å². The van der Waals surface area contributed by atoms with Gasteiger partial charge < -0.3 is 10.5 Å². The molecule has 0 aliphatic rings. The van der Waals surface area contributed by atoms with Gasteiger partial charge in [-0.3, -0.25) is 0 Å². The van der Waals surface area contributed by atoms with Crippen molar-refractivity contribution in [1.82, 2.24) is 4.98 Å². The molecular formula is C11H16N2O2S. The lowest BCUT2D eigenvalue weighted by Crippen LogP contribution is -2.04. The van der Waals surface area contributed by atoms with E-state index in [0.29, 0.717) is 16.4 Å². The second-order valence-electron chi connectivity index (χ2n) is 3.32. The van der Waals surface area contributed by atoms with Crippen molar-refractivity contribution in [3.05, 3.63) is 17.2 Å². The van der Waals surface area contributed by atoms with Gasteiger partial charge in [-0.15, -0.1) is 11.3 Å². The second-order valence-corrected chi connectivity index (χ2v) is 4.21. The van der Waals surface area contributed by atoms with Gasteiger partial charge in [0.05, 0.1) is 18.4 Å². The Hall–Kier alpha value is -1.36. The monoisotopic (exact) mass is 240 g/mol. The number of carbonyl (C=O) groups is 1. The van der Waals surface area contributed by atoms with Gasteiger partial charge in [0.2, 0.25) is 0 Å². The summed E-state index contributed by atoms with van der Waals surface area (Å²) in [5.41, 5.74) is 6.65. The SMILES string of the molecule is CCCCC=C(C(=O)OC)c1csc(N)n1. The molecule has 5 heteroatoms. The fraction of sp³-hybridized carbons (Fsp3) is 0.455. The van der Waals surface area contributed by atoms with Gasteiger partial charge in [-0.05, 0) is 6.42 Å². The summed E-state index contributed by atoms with van der Waals surface area (Å²) < 4.78 is 4.72. The van der Waals surface area contributed by atoms with Gasteiger partial charge in [0, 0.05) is 5.38 Å². The minimum absolute atomic E-state index is 0.360. The smallest absolute Gasteiger partial charge is 0.339 e. The summed E-state index contributed by atoms with van der Waals surface area (Å²) in [5.74, 6) is -0.360. The van der Waals surface area contributed by atoms with Crippen molar-refractivity contribution >= 4 is 28.0 Å². The fourth-order valence-corrected chi connectivity index (χ4v) is 1.83. The van der Waals surface area contributed by atoms with Crippen LogP contribution in [0.2, 0.25) is 0 Å². The van der Waals surface area contributed by atoms with Gasteiger partial charge in [0.15, 0.2) is 5.13 Å². The number of esters is 1. The first kappa shape index (κ1) is 12.7. The Balaban J connectivity index is 2.87. The summed E-state index contributed by atoms with van der Waals surface area (Å²) in [4.78, 5) is 15.6. The van der Waals surface area contributed by atoms with Crippen LogP contribution in [-0.4, -0.2) is 18.1 Å². The molecule has 1 heterocycles. The topological polar surface area (TPSA) is 65.2 Å². The number of hydrogen-bond donors (Lipinski definition) is 1. The number of aromatic nitrogens is 1. The third-order valence-electron chi connectivity index (χ3n) is 2.11. The van der Waals surface area contributed by atoms with Gasteiger partial charge in [-0.1, -0.05) is 25.8 Å². The van der Waals surface area contributed by atoms with Crippen LogP contribution in [0.1, 0.15) is 31.9 Å². The lowest BCUT2D eigenvalue weighted by molar-refractivity contribution is -0.133. The summed E-state index contributed by atoms with van der Waals surface area (Å²) in [7, 11) is 1.37. The Bertz CT molecular complexity index is 385. The standard InChI is InChI=1S/C11H16N2O2S/c1-3-4-5-6-8(10(14)15-2)9-7-16-11(12)13-9/h6-7H,3-5H2,1-2H3,(H2,12,13). The Morgan fingerprint density at radius 3 is 2.94 bits per heavy atom. The molecular weight excluding hydrogens is 224 g/mol. The predicted molar refractivity (Wildman–Crippen MR) is 66.0 cm³/mol. The molecule has 0 saturated heterocycles. The van der Waals surface area contributed by atoms with Crippen LogP contribution in [0.3, 0.4) is 0 Å². The molecule has 0 aromatic carbocycles. The number of nitrogen functional groups attached to an aromatic ring is 1. The van der Waals surface area contributed by atoms with Crippen molar-refractivity contribution < 1.29 is 9.53 Å². The Labute approximate surface area is 99.1 Å². The maximum atomic E-state index is 11.5. The van der Waals surface area contributed by atoms with E-state index in [1.807, 2.05) is 6.08 Å². The van der Waals surface area contributed by atoms with Crippen LogP contribution in [0.5, 0.6) is 0 Å². The highest BCUT2D eigenvalue weighted by Crippen LogP contribution is 2.21. The third kappa shape index (κ3) is 3.34. The third-order valence-corrected chi connectivity index (χ3v) is 2.78. The molecule has 0 bridgehead atoms. The van der Waals surface area contributed by atoms with Crippen molar-refractivity contribution in [1.29, 1.82) is 0 Å². The maximum Gasteiger partial charge on any atom is 0.339 e. The van der Waals surface area contributed by atoms with Crippen LogP contribution in [-0.2, 0) is 9.53 Å². The maximum absolute atomic E-state index is 11.5. The fourth-order valence-electron chi connectivity index (χ4n) is 1.26. The quantitative estimate of drug-likeness (QED) is 0.488. The average molecular weight is 240 g/mol. The lowest BCUT2D eigenvalue weighted by Gasteiger charge is -2.02. The summed E-state index contributed by atoms with van der Waals surface area (Å²) in [6, 6.07) is 0. The number of nitrogens with two attached hydrogens (primary N) is 1. The second kappa shape index (κ2) is 6.27. The highest BCUT2D eigenvalue weighted by atomic mass is 32.1. The number of thiazole rings is 1. The molecule has 0 spiro atoms. The zero-order valence-electron chi connectivity index (χ0n) is 9.53. The van der Waals surface area contributed by atoms with E-state index < -0.39 is 0 Å². The van der Waals surface area contributed by atoms with E-state index in [2.05, 4.69) is 11.9 Å². The lowest BCUT2D eigenvalue weighted by atomic mass is 10.1. The number of allylic oxidation sites excluding steroid dienone is 1. The molecule has 88 valence electrons. The molecule has 1 aromatic heterocycles. The summed E-state index contributed by atoms with van der Waals surface area (Å²) in [5, 5.41) is 2.23. The highest BCUT2D eigenvalue weighted by molar-refractivity contribution is 7.13. The minimum atomic E-state index is -0.360. The number of rotatable bonds is 5. The van der Waals surface area contributed by atoms with E-state index in [1.165, 1.54) is 18.4 Å². The number of unbranched alkanes of at least 4 members (excludes halogenated alkanes) is 2. The predicted octanol–water partition coefficient (Wildman–Crippen LogP) is 2.47. The van der Waals surface area contributed by atoms with E-state index in [-0.39, 0.29) is 5.97 Å². The van der Waals surface area contributed by atoms with E-state index in [0.717, 1.165) is 19.3 Å². The number of nitrogens with zero attached hydrogens (tertiary/aromatic N) is 1. The first-order valence-electron chi connectivity index (χ1n) is 5.18. The number of hydrogen-bond acceptors (Lipinski definition) is 5. The highest BCUT2D eigenvalue weighted by Gasteiger charge is 2.14. The largest absolute Gasteiger partial charge is 0.465 e. The van der Waals surface area contributed by atoms with Gasteiger partial charge in [0.1, 0.15) is 0 Å². The van der Waals surface area contributed by atoms with Crippen LogP contribution in [0.15, 0.2) is 11.5 Å². The molecule has 2 N–H and O–H groups in total. The Morgan fingerprint density at radius 2 is 2.44 bits per heavy atom. The zero-order valence-corrected chi connectivity index (χ0v) is 10.3. The van der Waals surface area contributed by atoms with Crippen molar-refractivity contribution in [3.63, 3.8) is 0 Å². The molecule has 1 aromatic rings. The van der Waals surface area contributed by atoms with E-state index >= 15 is 0 Å². The van der Waals surface area contributed by atoms with Gasteiger partial charge >= 0.3 is 5.97 Å². The summed E-state index contributed by atoms with van der Waals surface area (Å²) >= 11 is 1.32. The normalized spacial score (nSPS) is 11.5. The van der Waals surface area contributed by atoms with Crippen LogP contribution in [0.4, 0.5) is 5.13 Å². The van der Waals surface area contributed by atoms with Gasteiger partial charge in [-0.25, -0.2) is 9.78 Å². The van der Waals surface area contributed by atoms with Gasteiger partial charge in [-0.2, -0.15) is 0 Å². The molecule has 0 unspecified atom stereocenters. The zero-order chi connectivity index (χ0) is 12.0. The van der Waals surface area contributed by atoms with Crippen molar-refractivity contribution in [3.8, 4) is 0 Å². The number of anilines is 1. The average Bonchev–Trinajstić information content (AvgIpc) is 2.70. The van der Waals surface area contributed by atoms with Gasteiger partial charge in [0.25, 0.3) is 0 Å². The molecule has 0 saturated carbocycles. The molecule has 0 aliphatic carbocycles. The molecule has 4 nitrogen and oxygen atoms in total.